The van der Waals surface area contributed by atoms with Crippen molar-refractivity contribution < 1.29 is 8.42 Å². The van der Waals surface area contributed by atoms with Gasteiger partial charge in [-0.2, -0.15) is 0 Å². The van der Waals surface area contributed by atoms with Crippen molar-refractivity contribution in [3.63, 3.8) is 0 Å². The van der Waals surface area contributed by atoms with Gasteiger partial charge in [-0.3, -0.25) is 9.62 Å². The summed E-state index contributed by atoms with van der Waals surface area (Å²) in [5, 5.41) is 0. The van der Waals surface area contributed by atoms with Crippen molar-refractivity contribution in [2.45, 2.75) is 45.6 Å². The minimum absolute atomic E-state index is 0.0570. The molecule has 3 rings (SSSR count). The van der Waals surface area contributed by atoms with Crippen molar-refractivity contribution in [3.8, 4) is 0 Å². The van der Waals surface area contributed by atoms with Crippen LogP contribution >= 0.6 is 0 Å². The lowest BCUT2D eigenvalue weighted by Gasteiger charge is -2.45. The summed E-state index contributed by atoms with van der Waals surface area (Å²) in [7, 11) is -3.30. The van der Waals surface area contributed by atoms with Gasteiger partial charge in [-0.1, -0.05) is 69.3 Å². The SMILES string of the molecule is CCCS(=O)(=O)Nc1ccccc1C1(C)CCN(Cc2ccccc2)CC1C. The van der Waals surface area contributed by atoms with E-state index in [0.717, 1.165) is 37.3 Å². The quantitative estimate of drug-likeness (QED) is 0.737. The molecule has 28 heavy (non-hydrogen) atoms. The van der Waals surface area contributed by atoms with E-state index in [-0.39, 0.29) is 11.2 Å². The fourth-order valence-corrected chi connectivity index (χ4v) is 5.41. The van der Waals surface area contributed by atoms with Crippen molar-refractivity contribution in [1.29, 1.82) is 0 Å². The third-order valence-electron chi connectivity index (χ3n) is 6.10. The van der Waals surface area contributed by atoms with E-state index >= 15 is 0 Å². The third-order valence-corrected chi connectivity index (χ3v) is 7.57. The van der Waals surface area contributed by atoms with Crippen LogP contribution in [0, 0.1) is 5.92 Å². The fraction of sp³-hybridized carbons (Fsp3) is 0.478. The van der Waals surface area contributed by atoms with Crippen LogP contribution in [0.1, 0.15) is 44.7 Å². The lowest BCUT2D eigenvalue weighted by Crippen LogP contribution is -2.47. The molecule has 1 saturated heterocycles. The summed E-state index contributed by atoms with van der Waals surface area (Å²) in [5.74, 6) is 0.570. The van der Waals surface area contributed by atoms with Crippen LogP contribution in [0.25, 0.3) is 0 Å². The molecular weight excluding hydrogens is 368 g/mol. The topological polar surface area (TPSA) is 49.4 Å². The highest BCUT2D eigenvalue weighted by atomic mass is 32.2. The second kappa shape index (κ2) is 8.66. The Morgan fingerprint density at radius 1 is 1.11 bits per heavy atom. The lowest BCUT2D eigenvalue weighted by molar-refractivity contribution is 0.106. The number of nitrogens with one attached hydrogen (secondary N) is 1. The first kappa shape index (κ1) is 20.9. The summed E-state index contributed by atoms with van der Waals surface area (Å²) in [5.41, 5.74) is 3.13. The molecule has 0 spiro atoms. The Morgan fingerprint density at radius 3 is 2.46 bits per heavy atom. The predicted octanol–water partition coefficient (Wildman–Crippen LogP) is 4.64. The highest BCUT2D eigenvalue weighted by Crippen LogP contribution is 2.43. The van der Waals surface area contributed by atoms with E-state index in [2.05, 4.69) is 59.9 Å². The second-order valence-corrected chi connectivity index (χ2v) is 10.1. The van der Waals surface area contributed by atoms with Crippen LogP contribution in [0.5, 0.6) is 0 Å². The summed E-state index contributed by atoms with van der Waals surface area (Å²) in [6.07, 6.45) is 1.62. The van der Waals surface area contributed by atoms with Crippen molar-refractivity contribution in [1.82, 2.24) is 4.90 Å². The predicted molar refractivity (Wildman–Crippen MR) is 117 cm³/mol. The maximum absolute atomic E-state index is 12.4. The van der Waals surface area contributed by atoms with Gasteiger partial charge in [-0.15, -0.1) is 0 Å². The molecular formula is C23H32N2O2S. The number of hydrogen-bond donors (Lipinski definition) is 1. The fourth-order valence-electron chi connectivity index (χ4n) is 4.26. The molecule has 4 nitrogen and oxygen atoms in total. The van der Waals surface area contributed by atoms with Crippen LogP contribution in [0.2, 0.25) is 0 Å². The largest absolute Gasteiger partial charge is 0.299 e. The molecule has 0 bridgehead atoms. The molecule has 1 N–H and O–H groups in total. The van der Waals surface area contributed by atoms with Gasteiger partial charge in [0, 0.05) is 13.1 Å². The second-order valence-electron chi connectivity index (χ2n) is 8.26. The minimum Gasteiger partial charge on any atom is -0.299 e. The smallest absolute Gasteiger partial charge is 0.232 e. The average molecular weight is 401 g/mol. The molecule has 1 aliphatic heterocycles. The number of likely N-dealkylation sites (tertiary alicyclic amines) is 1. The summed E-state index contributed by atoms with van der Waals surface area (Å²) < 4.78 is 27.6. The molecule has 0 saturated carbocycles. The Labute approximate surface area is 170 Å². The van der Waals surface area contributed by atoms with Crippen LogP contribution in [0.4, 0.5) is 5.69 Å². The standard InChI is InChI=1S/C23H32N2O2S/c1-4-16-28(26,27)24-22-13-9-8-12-21(22)23(3)14-15-25(17-19(23)2)18-20-10-6-5-7-11-20/h5-13,19,24H,4,14-18H2,1-3H3. The average Bonchev–Trinajstić information content (AvgIpc) is 2.66. The lowest BCUT2D eigenvalue weighted by atomic mass is 9.67. The number of para-hydroxylation sites is 1. The van der Waals surface area contributed by atoms with Gasteiger partial charge in [0.25, 0.3) is 0 Å². The Bertz CT molecular complexity index is 882. The highest BCUT2D eigenvalue weighted by Gasteiger charge is 2.39. The highest BCUT2D eigenvalue weighted by molar-refractivity contribution is 7.92. The van der Waals surface area contributed by atoms with Gasteiger partial charge >= 0.3 is 0 Å². The molecule has 1 fully saturated rings. The Kier molecular flexibility index (Phi) is 6.46. The van der Waals surface area contributed by atoms with Crippen LogP contribution in [0.15, 0.2) is 54.6 Å². The van der Waals surface area contributed by atoms with E-state index in [0.29, 0.717) is 12.3 Å². The zero-order valence-corrected chi connectivity index (χ0v) is 18.0. The summed E-state index contributed by atoms with van der Waals surface area (Å²) in [6, 6.07) is 18.5. The summed E-state index contributed by atoms with van der Waals surface area (Å²) in [4.78, 5) is 2.51. The number of rotatable bonds is 7. The van der Waals surface area contributed by atoms with Crippen molar-refractivity contribution >= 4 is 15.7 Å². The van der Waals surface area contributed by atoms with Gasteiger partial charge in [0.15, 0.2) is 0 Å². The number of hydrogen-bond acceptors (Lipinski definition) is 3. The Balaban J connectivity index is 1.79. The molecule has 2 aromatic rings. The number of benzene rings is 2. The molecule has 2 unspecified atom stereocenters. The van der Waals surface area contributed by atoms with Crippen molar-refractivity contribution in [2.24, 2.45) is 5.92 Å². The summed E-state index contributed by atoms with van der Waals surface area (Å²) in [6.45, 7) is 9.43. The molecule has 2 atom stereocenters. The Hall–Kier alpha value is -1.85. The maximum atomic E-state index is 12.4. The van der Waals surface area contributed by atoms with E-state index in [1.54, 1.807) is 0 Å². The van der Waals surface area contributed by atoms with Crippen molar-refractivity contribution in [2.75, 3.05) is 23.6 Å². The molecule has 0 aliphatic carbocycles. The molecule has 5 heteroatoms. The van der Waals surface area contributed by atoms with E-state index in [1.807, 2.05) is 25.1 Å². The van der Waals surface area contributed by atoms with Crippen LogP contribution in [0.3, 0.4) is 0 Å². The molecule has 0 amide bonds. The molecule has 1 heterocycles. The van der Waals surface area contributed by atoms with E-state index in [1.165, 1.54) is 5.56 Å². The molecule has 2 aromatic carbocycles. The van der Waals surface area contributed by atoms with E-state index in [4.69, 9.17) is 0 Å². The van der Waals surface area contributed by atoms with Crippen LogP contribution < -0.4 is 4.72 Å². The molecule has 1 aliphatic rings. The summed E-state index contributed by atoms with van der Waals surface area (Å²) >= 11 is 0. The molecule has 152 valence electrons. The van der Waals surface area contributed by atoms with Gasteiger partial charge in [-0.25, -0.2) is 8.42 Å². The van der Waals surface area contributed by atoms with Crippen molar-refractivity contribution in [3.05, 3.63) is 65.7 Å². The first-order chi connectivity index (χ1) is 13.3. The van der Waals surface area contributed by atoms with Gasteiger partial charge < -0.3 is 0 Å². The van der Waals surface area contributed by atoms with Gasteiger partial charge in [0.2, 0.25) is 10.0 Å². The first-order valence-electron chi connectivity index (χ1n) is 10.2. The first-order valence-corrected chi connectivity index (χ1v) is 11.9. The Morgan fingerprint density at radius 2 is 1.79 bits per heavy atom. The number of sulfonamides is 1. The number of piperidine rings is 1. The van der Waals surface area contributed by atoms with E-state index < -0.39 is 10.0 Å². The van der Waals surface area contributed by atoms with Gasteiger partial charge in [-0.05, 0) is 47.9 Å². The third kappa shape index (κ3) is 4.76. The van der Waals surface area contributed by atoms with Crippen LogP contribution in [-0.2, 0) is 22.0 Å². The number of nitrogens with zero attached hydrogens (tertiary/aromatic N) is 1. The zero-order chi connectivity index (χ0) is 20.2. The van der Waals surface area contributed by atoms with E-state index in [9.17, 15) is 8.42 Å². The molecule has 0 aromatic heterocycles. The van der Waals surface area contributed by atoms with Gasteiger partial charge in [0.05, 0.1) is 11.4 Å². The molecule has 0 radical (unpaired) electrons. The number of anilines is 1. The minimum atomic E-state index is -3.30. The monoisotopic (exact) mass is 400 g/mol. The van der Waals surface area contributed by atoms with Gasteiger partial charge in [0.1, 0.15) is 0 Å². The van der Waals surface area contributed by atoms with Crippen LogP contribution in [-0.4, -0.2) is 32.2 Å². The maximum Gasteiger partial charge on any atom is 0.232 e. The zero-order valence-electron chi connectivity index (χ0n) is 17.2. The normalized spacial score (nSPS) is 23.5.